The molecule has 0 aliphatic carbocycles. The van der Waals surface area contributed by atoms with Crippen molar-refractivity contribution in [3.05, 3.63) is 71.4 Å². The molecular weight excluding hydrogens is 523 g/mol. The maximum absolute atomic E-state index is 15.3. The average molecular weight is 556 g/mol. The van der Waals surface area contributed by atoms with Crippen LogP contribution in [0.3, 0.4) is 0 Å². The lowest BCUT2D eigenvalue weighted by Gasteiger charge is -2.36. The maximum atomic E-state index is 15.3. The number of nitrogens with one attached hydrogen (secondary N) is 2. The van der Waals surface area contributed by atoms with Crippen LogP contribution in [0, 0.1) is 29.3 Å². The summed E-state index contributed by atoms with van der Waals surface area (Å²) in [6.07, 6.45) is 3.83. The van der Waals surface area contributed by atoms with E-state index in [1.54, 1.807) is 26.1 Å². The molecule has 3 atom stereocenters. The Hall–Kier alpha value is -3.83. The molecular formula is C29H32F3N5O3. The number of hydrogen-bond acceptors (Lipinski definition) is 6. The van der Waals surface area contributed by atoms with E-state index in [9.17, 15) is 18.4 Å². The van der Waals surface area contributed by atoms with Gasteiger partial charge in [0.1, 0.15) is 23.0 Å². The third-order valence-electron chi connectivity index (χ3n) is 6.77. The zero-order valence-electron chi connectivity index (χ0n) is 22.7. The molecule has 212 valence electrons. The van der Waals surface area contributed by atoms with Crippen LogP contribution in [0.15, 0.2) is 42.7 Å². The molecule has 3 heterocycles. The molecule has 3 unspecified atom stereocenters. The summed E-state index contributed by atoms with van der Waals surface area (Å²) in [4.78, 5) is 33.3. The van der Waals surface area contributed by atoms with Crippen LogP contribution >= 0.6 is 0 Å². The van der Waals surface area contributed by atoms with Crippen LogP contribution in [0.4, 0.5) is 24.5 Å². The molecule has 0 spiro atoms. The summed E-state index contributed by atoms with van der Waals surface area (Å²) >= 11 is 0. The predicted molar refractivity (Wildman–Crippen MR) is 145 cm³/mol. The zero-order chi connectivity index (χ0) is 29.1. The molecule has 4 rings (SSSR count). The number of rotatable bonds is 7. The fraction of sp³-hybridized carbons (Fsp3) is 0.379. The van der Waals surface area contributed by atoms with Crippen molar-refractivity contribution < 1.29 is 27.5 Å². The van der Waals surface area contributed by atoms with Gasteiger partial charge in [0.05, 0.1) is 35.3 Å². The van der Waals surface area contributed by atoms with Crippen molar-refractivity contribution >= 4 is 23.2 Å². The summed E-state index contributed by atoms with van der Waals surface area (Å²) in [6, 6.07) is 5.57. The Bertz CT molecular complexity index is 1420. The van der Waals surface area contributed by atoms with Gasteiger partial charge in [-0.2, -0.15) is 0 Å². The number of benzene rings is 1. The number of anilines is 2. The first-order valence-corrected chi connectivity index (χ1v) is 13.1. The van der Waals surface area contributed by atoms with E-state index < -0.39 is 52.5 Å². The first kappa shape index (κ1) is 29.2. The molecule has 1 fully saturated rings. The molecule has 8 nitrogen and oxygen atoms in total. The van der Waals surface area contributed by atoms with E-state index in [0.29, 0.717) is 17.7 Å². The Balaban J connectivity index is 1.64. The lowest BCUT2D eigenvalue weighted by molar-refractivity contribution is -0.118. The van der Waals surface area contributed by atoms with Crippen LogP contribution in [0.25, 0.3) is 11.3 Å². The van der Waals surface area contributed by atoms with Crippen LogP contribution in [-0.2, 0) is 9.53 Å². The number of ether oxygens (including phenoxy) is 1. The second-order valence-electron chi connectivity index (χ2n) is 10.5. The van der Waals surface area contributed by atoms with Gasteiger partial charge in [-0.05, 0) is 49.1 Å². The van der Waals surface area contributed by atoms with Crippen molar-refractivity contribution in [2.45, 2.75) is 58.8 Å². The van der Waals surface area contributed by atoms with Crippen LogP contribution in [-0.4, -0.2) is 33.9 Å². The molecule has 11 heteroatoms. The Morgan fingerprint density at radius 2 is 1.70 bits per heavy atom. The molecule has 4 N–H and O–H groups in total. The molecule has 2 amide bonds. The van der Waals surface area contributed by atoms with E-state index in [-0.39, 0.29) is 29.4 Å². The third-order valence-corrected chi connectivity index (χ3v) is 6.77. The fourth-order valence-corrected chi connectivity index (χ4v) is 4.49. The van der Waals surface area contributed by atoms with Crippen molar-refractivity contribution in [3.63, 3.8) is 0 Å². The number of hydrogen-bond donors (Lipinski definition) is 3. The molecule has 0 saturated carbocycles. The van der Waals surface area contributed by atoms with Gasteiger partial charge in [-0.3, -0.25) is 14.6 Å². The highest BCUT2D eigenvalue weighted by atomic mass is 19.1. The molecule has 40 heavy (non-hydrogen) atoms. The van der Waals surface area contributed by atoms with Gasteiger partial charge in [0.2, 0.25) is 5.91 Å². The molecule has 2 aromatic heterocycles. The molecule has 1 aliphatic rings. The second-order valence-corrected chi connectivity index (χ2v) is 10.5. The third kappa shape index (κ3) is 6.31. The number of halogens is 3. The normalized spacial score (nSPS) is 19.1. The van der Waals surface area contributed by atoms with E-state index in [1.807, 2.05) is 13.8 Å². The quantitative estimate of drug-likeness (QED) is 0.349. The topological polar surface area (TPSA) is 119 Å². The van der Waals surface area contributed by atoms with Crippen molar-refractivity contribution in [1.82, 2.24) is 9.97 Å². The fourth-order valence-electron chi connectivity index (χ4n) is 4.49. The van der Waals surface area contributed by atoms with Gasteiger partial charge < -0.3 is 21.1 Å². The minimum Gasteiger partial charge on any atom is -0.370 e. The van der Waals surface area contributed by atoms with Crippen LogP contribution in [0.1, 0.15) is 62.7 Å². The standard InChI is InChI=1S/C29H32F3N5O3/c1-14(2)23-11-16(33)12-24(40-23)17-9-10-34-13-22(17)37-29(39)21-8-6-19(31)27(35-21)25-18(30)5-7-20(26(25)32)36-28(38)15(3)4/h5-10,13-16,23-24H,11-12,33H2,1-4H3,(H,36,38)(H,37,39). The van der Waals surface area contributed by atoms with Gasteiger partial charge in [0, 0.05) is 23.7 Å². The van der Waals surface area contributed by atoms with Crippen molar-refractivity contribution in [3.8, 4) is 11.3 Å². The molecule has 1 aliphatic heterocycles. The summed E-state index contributed by atoms with van der Waals surface area (Å²) in [5, 5.41) is 5.06. The highest BCUT2D eigenvalue weighted by molar-refractivity contribution is 6.03. The van der Waals surface area contributed by atoms with Crippen molar-refractivity contribution in [2.24, 2.45) is 17.6 Å². The maximum Gasteiger partial charge on any atom is 0.274 e. The van der Waals surface area contributed by atoms with E-state index in [0.717, 1.165) is 30.7 Å². The molecule has 1 aromatic carbocycles. The number of nitrogens with two attached hydrogens (primary N) is 1. The van der Waals surface area contributed by atoms with Gasteiger partial charge in [0.25, 0.3) is 5.91 Å². The summed E-state index contributed by atoms with van der Waals surface area (Å²) in [7, 11) is 0. The van der Waals surface area contributed by atoms with E-state index in [2.05, 4.69) is 20.6 Å². The lowest BCUT2D eigenvalue weighted by atomic mass is 9.90. The molecule has 0 bridgehead atoms. The minimum absolute atomic E-state index is 0.0577. The van der Waals surface area contributed by atoms with Crippen LogP contribution in [0.2, 0.25) is 0 Å². The summed E-state index contributed by atoms with van der Waals surface area (Å²) in [5.41, 5.74) is 5.15. The largest absolute Gasteiger partial charge is 0.370 e. The first-order chi connectivity index (χ1) is 19.0. The van der Waals surface area contributed by atoms with Gasteiger partial charge in [-0.25, -0.2) is 18.2 Å². The summed E-state index contributed by atoms with van der Waals surface area (Å²) in [5.74, 6) is -4.85. The number of nitrogens with zero attached hydrogens (tertiary/aromatic N) is 2. The van der Waals surface area contributed by atoms with E-state index >= 15 is 4.39 Å². The van der Waals surface area contributed by atoms with Gasteiger partial charge in [-0.1, -0.05) is 27.7 Å². The van der Waals surface area contributed by atoms with Crippen molar-refractivity contribution in [2.75, 3.05) is 10.6 Å². The minimum atomic E-state index is -1.21. The number of carbonyl (C=O) groups excluding carboxylic acids is 2. The Morgan fingerprint density at radius 3 is 2.40 bits per heavy atom. The average Bonchev–Trinajstić information content (AvgIpc) is 2.91. The van der Waals surface area contributed by atoms with Crippen LogP contribution in [0.5, 0.6) is 0 Å². The molecule has 3 aromatic rings. The molecule has 1 saturated heterocycles. The monoisotopic (exact) mass is 555 g/mol. The number of pyridine rings is 2. The first-order valence-electron chi connectivity index (χ1n) is 13.1. The lowest BCUT2D eigenvalue weighted by Crippen LogP contribution is -2.39. The SMILES string of the molecule is CC(C)C(=O)Nc1ccc(F)c(-c2nc(C(=O)Nc3cnccc3C3CC(N)CC(C(C)C)O3)ccc2F)c1F. The highest BCUT2D eigenvalue weighted by Crippen LogP contribution is 2.37. The number of carbonyl (C=O) groups is 2. The van der Waals surface area contributed by atoms with E-state index in [4.69, 9.17) is 10.5 Å². The highest BCUT2D eigenvalue weighted by Gasteiger charge is 2.32. The number of aromatic nitrogens is 2. The van der Waals surface area contributed by atoms with Gasteiger partial charge in [-0.15, -0.1) is 0 Å². The predicted octanol–water partition coefficient (Wildman–Crippen LogP) is 5.61. The Labute approximate surface area is 230 Å². The Kier molecular flexibility index (Phi) is 8.85. The number of amides is 2. The van der Waals surface area contributed by atoms with Gasteiger partial charge >= 0.3 is 0 Å². The summed E-state index contributed by atoms with van der Waals surface area (Å²) in [6.45, 7) is 7.30. The van der Waals surface area contributed by atoms with Gasteiger partial charge in [0.15, 0.2) is 5.82 Å². The molecule has 0 radical (unpaired) electrons. The zero-order valence-corrected chi connectivity index (χ0v) is 22.7. The Morgan fingerprint density at radius 1 is 0.975 bits per heavy atom. The summed E-state index contributed by atoms with van der Waals surface area (Å²) < 4.78 is 51.1. The van der Waals surface area contributed by atoms with Crippen molar-refractivity contribution in [1.29, 1.82) is 0 Å². The van der Waals surface area contributed by atoms with Crippen LogP contribution < -0.4 is 16.4 Å². The second kappa shape index (κ2) is 12.1. The van der Waals surface area contributed by atoms with E-state index in [1.165, 1.54) is 6.20 Å². The smallest absolute Gasteiger partial charge is 0.274 e.